The van der Waals surface area contributed by atoms with Gasteiger partial charge in [-0.25, -0.2) is 4.79 Å². The van der Waals surface area contributed by atoms with Crippen molar-refractivity contribution in [3.63, 3.8) is 0 Å². The molecule has 1 aromatic heterocycles. The minimum absolute atomic E-state index is 0. The van der Waals surface area contributed by atoms with Gasteiger partial charge in [-0.15, -0.1) is 12.4 Å². The van der Waals surface area contributed by atoms with E-state index in [1.807, 2.05) is 6.07 Å². The largest absolute Gasteiger partial charge is 0.468 e. The second-order valence-electron chi connectivity index (χ2n) is 6.87. The molecule has 1 unspecified atom stereocenters. The summed E-state index contributed by atoms with van der Waals surface area (Å²) in [6, 6.07) is 11.2. The van der Waals surface area contributed by atoms with Gasteiger partial charge in [0.15, 0.2) is 6.73 Å². The highest BCUT2D eigenvalue weighted by Crippen LogP contribution is 2.30. The van der Waals surface area contributed by atoms with Crippen molar-refractivity contribution in [2.24, 2.45) is 0 Å². The highest BCUT2D eigenvalue weighted by Gasteiger charge is 2.30. The number of para-hydroxylation sites is 1. The van der Waals surface area contributed by atoms with Gasteiger partial charge in [-0.1, -0.05) is 36.4 Å². The van der Waals surface area contributed by atoms with E-state index in [9.17, 15) is 22.8 Å². The Morgan fingerprint density at radius 3 is 2.50 bits per heavy atom. The first-order valence-corrected chi connectivity index (χ1v) is 9.39. The summed E-state index contributed by atoms with van der Waals surface area (Å²) in [6.45, 7) is 1.25. The Morgan fingerprint density at radius 1 is 1.12 bits per heavy atom. The average molecular weight is 471 g/mol. The minimum atomic E-state index is -4.46. The van der Waals surface area contributed by atoms with Crippen molar-refractivity contribution in [3.05, 3.63) is 71.4 Å². The quantitative estimate of drug-likeness (QED) is 0.511. The van der Waals surface area contributed by atoms with Crippen LogP contribution in [0.1, 0.15) is 29.7 Å². The molecule has 0 bridgehead atoms. The van der Waals surface area contributed by atoms with Crippen LogP contribution in [0.3, 0.4) is 0 Å². The van der Waals surface area contributed by atoms with Gasteiger partial charge in [-0.3, -0.25) is 10.1 Å². The molecule has 6 nitrogen and oxygen atoms in total. The molecule has 1 N–H and O–H groups in total. The molecular formula is C22H22ClF3N2O4. The topological polar surface area (TPSA) is 69.6 Å². The number of aromatic nitrogens is 1. The van der Waals surface area contributed by atoms with Crippen LogP contribution < -0.4 is 5.32 Å². The number of rotatable bonds is 7. The monoisotopic (exact) mass is 470 g/mol. The predicted molar refractivity (Wildman–Crippen MR) is 114 cm³/mol. The van der Waals surface area contributed by atoms with Gasteiger partial charge in [0.25, 0.3) is 0 Å². The molecule has 3 aromatic rings. The maximum atomic E-state index is 13.0. The summed E-state index contributed by atoms with van der Waals surface area (Å²) in [6.07, 6.45) is -2.80. The summed E-state index contributed by atoms with van der Waals surface area (Å²) >= 11 is 0. The summed E-state index contributed by atoms with van der Waals surface area (Å²) < 4.78 is 50.6. The number of ether oxygens (including phenoxy) is 2. The molecule has 3 rings (SSSR count). The molecular weight excluding hydrogens is 449 g/mol. The number of nitrogens with one attached hydrogen (secondary N) is 1. The van der Waals surface area contributed by atoms with Crippen molar-refractivity contribution in [3.8, 4) is 0 Å². The lowest BCUT2D eigenvalue weighted by atomic mass is 10.0. The third-order valence-electron chi connectivity index (χ3n) is 4.74. The number of benzene rings is 2. The Morgan fingerprint density at radius 2 is 1.84 bits per heavy atom. The molecule has 172 valence electrons. The number of hydrogen-bond acceptors (Lipinski definition) is 5. The number of carbonyl (C=O) groups is 2. The lowest BCUT2D eigenvalue weighted by molar-refractivity contribution is -0.145. The third kappa shape index (κ3) is 5.80. The van der Waals surface area contributed by atoms with Gasteiger partial charge in [0.2, 0.25) is 0 Å². The van der Waals surface area contributed by atoms with Gasteiger partial charge in [-0.05, 0) is 17.7 Å². The fourth-order valence-electron chi connectivity index (χ4n) is 3.29. The number of alkyl halides is 3. The predicted octanol–water partition coefficient (Wildman–Crippen LogP) is 4.61. The fourth-order valence-corrected chi connectivity index (χ4v) is 3.29. The van der Waals surface area contributed by atoms with E-state index < -0.39 is 29.7 Å². The summed E-state index contributed by atoms with van der Waals surface area (Å²) in [5.41, 5.74) is 0.891. The van der Waals surface area contributed by atoms with Crippen molar-refractivity contribution >= 4 is 35.2 Å². The molecule has 0 aliphatic heterocycles. The first-order valence-electron chi connectivity index (χ1n) is 9.39. The van der Waals surface area contributed by atoms with Gasteiger partial charge < -0.3 is 14.0 Å². The lowest BCUT2D eigenvalue weighted by Gasteiger charge is -2.17. The number of esters is 2. The van der Waals surface area contributed by atoms with Crippen LogP contribution in [0.4, 0.5) is 13.2 Å². The first-order chi connectivity index (χ1) is 14.7. The molecule has 2 aromatic carbocycles. The molecule has 0 aliphatic carbocycles. The van der Waals surface area contributed by atoms with E-state index in [0.717, 1.165) is 23.0 Å². The Kier molecular flexibility index (Phi) is 8.29. The van der Waals surface area contributed by atoms with E-state index in [-0.39, 0.29) is 25.7 Å². The zero-order valence-electron chi connectivity index (χ0n) is 17.3. The van der Waals surface area contributed by atoms with Crippen LogP contribution in [0.25, 0.3) is 10.9 Å². The first kappa shape index (κ1) is 25.2. The molecule has 0 fully saturated rings. The van der Waals surface area contributed by atoms with Crippen LogP contribution in [0, 0.1) is 0 Å². The van der Waals surface area contributed by atoms with Crippen molar-refractivity contribution in [1.82, 2.24) is 9.88 Å². The molecule has 0 amide bonds. The molecule has 10 heteroatoms. The van der Waals surface area contributed by atoms with E-state index in [0.29, 0.717) is 11.1 Å². The van der Waals surface area contributed by atoms with E-state index in [1.165, 1.54) is 20.1 Å². The van der Waals surface area contributed by atoms with Crippen LogP contribution in [0.5, 0.6) is 0 Å². The van der Waals surface area contributed by atoms with Crippen molar-refractivity contribution in [2.75, 3.05) is 7.11 Å². The average Bonchev–Trinajstić information content (AvgIpc) is 3.10. The maximum Gasteiger partial charge on any atom is 0.416 e. The van der Waals surface area contributed by atoms with Gasteiger partial charge in [0.05, 0.1) is 18.2 Å². The number of methoxy groups -OCH3 is 1. The normalized spacial score (nSPS) is 12.2. The Labute approximate surface area is 188 Å². The number of hydrogen-bond donors (Lipinski definition) is 1. The number of halogens is 4. The maximum absolute atomic E-state index is 13.0. The SMILES string of the molecule is COC(=O)C(NCc1cccc(C(F)(F)F)c1)c1cn(COC(C)=O)c2ccccc12.Cl. The Hall–Kier alpha value is -3.04. The van der Waals surface area contributed by atoms with E-state index in [2.05, 4.69) is 5.32 Å². The van der Waals surface area contributed by atoms with Gasteiger partial charge in [-0.2, -0.15) is 13.2 Å². The molecule has 0 spiro atoms. The summed E-state index contributed by atoms with van der Waals surface area (Å²) in [5, 5.41) is 3.71. The van der Waals surface area contributed by atoms with Crippen molar-refractivity contribution in [2.45, 2.75) is 32.4 Å². The summed E-state index contributed by atoms with van der Waals surface area (Å²) in [4.78, 5) is 23.7. The second kappa shape index (κ2) is 10.5. The standard InChI is InChI=1S/C22H21F3N2O4.ClH/c1-14(28)31-13-27-12-18(17-8-3-4-9-19(17)27)20(21(29)30-2)26-11-15-6-5-7-16(10-15)22(23,24)25;/h3-10,12,20,26H,11,13H2,1-2H3;1H. The van der Waals surface area contributed by atoms with Crippen LogP contribution in [-0.2, 0) is 38.5 Å². The van der Waals surface area contributed by atoms with Crippen LogP contribution in [-0.4, -0.2) is 23.6 Å². The van der Waals surface area contributed by atoms with Crippen molar-refractivity contribution < 1.29 is 32.2 Å². The van der Waals surface area contributed by atoms with Gasteiger partial charge in [0, 0.05) is 30.6 Å². The molecule has 1 atom stereocenters. The van der Waals surface area contributed by atoms with Crippen LogP contribution >= 0.6 is 12.4 Å². The zero-order chi connectivity index (χ0) is 22.6. The van der Waals surface area contributed by atoms with E-state index in [4.69, 9.17) is 9.47 Å². The van der Waals surface area contributed by atoms with Gasteiger partial charge >= 0.3 is 18.1 Å². The smallest absolute Gasteiger partial charge is 0.416 e. The molecule has 1 heterocycles. The number of carbonyl (C=O) groups excluding carboxylic acids is 2. The Bertz CT molecular complexity index is 1100. The highest BCUT2D eigenvalue weighted by atomic mass is 35.5. The van der Waals surface area contributed by atoms with E-state index >= 15 is 0 Å². The summed E-state index contributed by atoms with van der Waals surface area (Å²) in [5.74, 6) is -1.05. The summed E-state index contributed by atoms with van der Waals surface area (Å²) in [7, 11) is 1.24. The molecule has 0 radical (unpaired) electrons. The van der Waals surface area contributed by atoms with Crippen LogP contribution in [0.15, 0.2) is 54.7 Å². The zero-order valence-corrected chi connectivity index (χ0v) is 18.1. The lowest BCUT2D eigenvalue weighted by Crippen LogP contribution is -2.29. The molecule has 32 heavy (non-hydrogen) atoms. The highest BCUT2D eigenvalue weighted by molar-refractivity contribution is 5.90. The van der Waals surface area contributed by atoms with Gasteiger partial charge in [0.1, 0.15) is 6.04 Å². The number of fused-ring (bicyclic) bond motifs is 1. The fraction of sp³-hybridized carbons (Fsp3) is 0.273. The van der Waals surface area contributed by atoms with Crippen molar-refractivity contribution in [1.29, 1.82) is 0 Å². The third-order valence-corrected chi connectivity index (χ3v) is 4.74. The molecule has 0 saturated carbocycles. The Balaban J connectivity index is 0.00000363. The molecule has 0 aliphatic rings. The minimum Gasteiger partial charge on any atom is -0.468 e. The molecule has 0 saturated heterocycles. The number of nitrogens with zero attached hydrogens (tertiary/aromatic N) is 1. The van der Waals surface area contributed by atoms with E-state index in [1.54, 1.807) is 35.0 Å². The van der Waals surface area contributed by atoms with Crippen LogP contribution in [0.2, 0.25) is 0 Å². The second-order valence-corrected chi connectivity index (χ2v) is 6.87.